The van der Waals surface area contributed by atoms with Crippen molar-refractivity contribution in [3.05, 3.63) is 82.8 Å². The second kappa shape index (κ2) is 13.6. The molecule has 1 aromatic carbocycles. The van der Waals surface area contributed by atoms with E-state index in [0.29, 0.717) is 36.1 Å². The molecule has 1 aromatic heterocycles. The van der Waals surface area contributed by atoms with Crippen LogP contribution in [0.2, 0.25) is 0 Å². The summed E-state index contributed by atoms with van der Waals surface area (Å²) in [7, 11) is 0. The zero-order valence-electron chi connectivity index (χ0n) is 21.5. The molecule has 0 radical (unpaired) electrons. The number of carboxylic acid groups (broad SMARTS) is 1. The molecule has 7 nitrogen and oxygen atoms in total. The molecule has 38 heavy (non-hydrogen) atoms. The van der Waals surface area contributed by atoms with Crippen LogP contribution in [0.5, 0.6) is 0 Å². The van der Waals surface area contributed by atoms with Crippen LogP contribution >= 0.6 is 11.3 Å². The highest BCUT2D eigenvalue weighted by atomic mass is 32.1. The molecule has 2 heterocycles. The molecule has 1 aliphatic carbocycles. The van der Waals surface area contributed by atoms with E-state index in [1.807, 2.05) is 35.7 Å². The van der Waals surface area contributed by atoms with E-state index in [0.717, 1.165) is 48.9 Å². The van der Waals surface area contributed by atoms with Gasteiger partial charge in [-0.15, -0.1) is 11.3 Å². The summed E-state index contributed by atoms with van der Waals surface area (Å²) < 4.78 is 5.42. The number of anilines is 2. The van der Waals surface area contributed by atoms with Crippen LogP contribution in [0.25, 0.3) is 0 Å². The number of rotatable bonds is 8. The van der Waals surface area contributed by atoms with Gasteiger partial charge >= 0.3 is 5.97 Å². The van der Waals surface area contributed by atoms with E-state index in [9.17, 15) is 19.8 Å². The Hall–Kier alpha value is -3.20. The summed E-state index contributed by atoms with van der Waals surface area (Å²) in [4.78, 5) is 25.3. The minimum atomic E-state index is -1.04. The molecule has 2 atom stereocenters. The molecular weight excluding hydrogens is 500 g/mol. The fourth-order valence-electron chi connectivity index (χ4n) is 5.12. The van der Waals surface area contributed by atoms with Crippen molar-refractivity contribution in [2.24, 2.45) is 5.92 Å². The van der Waals surface area contributed by atoms with Crippen LogP contribution in [-0.2, 0) is 4.74 Å². The lowest BCUT2D eigenvalue weighted by Gasteiger charge is -2.30. The van der Waals surface area contributed by atoms with Gasteiger partial charge in [0.15, 0.2) is 0 Å². The van der Waals surface area contributed by atoms with E-state index in [1.54, 1.807) is 12.1 Å². The number of carbonyl (C=O) groups excluding carboxylic acids is 1. The molecule has 1 saturated heterocycles. The van der Waals surface area contributed by atoms with Crippen molar-refractivity contribution in [2.45, 2.75) is 50.5 Å². The first-order valence-electron chi connectivity index (χ1n) is 13.2. The minimum Gasteiger partial charge on any atom is -0.478 e. The van der Waals surface area contributed by atoms with Crippen LogP contribution in [0.4, 0.5) is 10.7 Å². The Balaban J connectivity index is 1.45. The lowest BCUT2D eigenvalue weighted by atomic mass is 9.86. The maximum atomic E-state index is 13.0. The van der Waals surface area contributed by atoms with Crippen molar-refractivity contribution in [2.75, 3.05) is 30.5 Å². The molecule has 2 aromatic rings. The number of nitrogens with one attached hydrogen (secondary N) is 2. The molecule has 1 aliphatic heterocycles. The van der Waals surface area contributed by atoms with Crippen molar-refractivity contribution in [3.63, 3.8) is 0 Å². The Morgan fingerprint density at radius 2 is 1.89 bits per heavy atom. The summed E-state index contributed by atoms with van der Waals surface area (Å²) in [6.07, 6.45) is 13.3. The van der Waals surface area contributed by atoms with Gasteiger partial charge in [0.2, 0.25) is 0 Å². The molecule has 4 N–H and O–H groups in total. The van der Waals surface area contributed by atoms with Gasteiger partial charge in [-0.1, -0.05) is 36.5 Å². The standard InChI is InChI=1S/C30H36N2O5S/c1-20-7-5-3-2-4-6-8-23(17-20)25-19-38-29(27(25)30(35)36)32-28(34)22-9-11-24(12-10-22)31-26(18-33)21-13-15-37-16-14-21/h2-3,5,7,9-12,19,21,23,26,31,33H,1,4,6,8,13-18H2,(H,32,34)(H,35,36)/b3-2-,7-5-. The Morgan fingerprint density at radius 3 is 2.61 bits per heavy atom. The normalized spacial score (nSPS) is 21.3. The maximum absolute atomic E-state index is 13.0. The second-order valence-electron chi connectivity index (χ2n) is 9.89. The van der Waals surface area contributed by atoms with Gasteiger partial charge in [-0.05, 0) is 85.6 Å². The van der Waals surface area contributed by atoms with E-state index in [-0.39, 0.29) is 30.0 Å². The van der Waals surface area contributed by atoms with Gasteiger partial charge in [0.25, 0.3) is 5.91 Å². The second-order valence-corrected chi connectivity index (χ2v) is 10.8. The molecular formula is C30H36N2O5S. The lowest BCUT2D eigenvalue weighted by molar-refractivity contribution is 0.0534. The van der Waals surface area contributed by atoms with E-state index in [4.69, 9.17) is 4.74 Å². The Bertz CT molecular complexity index is 1180. The first-order chi connectivity index (χ1) is 18.5. The number of aliphatic hydroxyl groups excluding tert-OH is 1. The minimum absolute atomic E-state index is 0.0206. The van der Waals surface area contributed by atoms with E-state index < -0.39 is 5.97 Å². The van der Waals surface area contributed by atoms with Crippen molar-refractivity contribution in [1.82, 2.24) is 0 Å². The van der Waals surface area contributed by atoms with E-state index >= 15 is 0 Å². The largest absolute Gasteiger partial charge is 0.478 e. The van der Waals surface area contributed by atoms with Gasteiger partial charge in [0.1, 0.15) is 5.00 Å². The lowest BCUT2D eigenvalue weighted by Crippen LogP contribution is -2.36. The molecule has 8 heteroatoms. The quantitative estimate of drug-likeness (QED) is 0.319. The van der Waals surface area contributed by atoms with E-state index in [1.165, 1.54) is 11.3 Å². The van der Waals surface area contributed by atoms with Gasteiger partial charge in [-0.3, -0.25) is 4.79 Å². The topological polar surface area (TPSA) is 108 Å². The summed E-state index contributed by atoms with van der Waals surface area (Å²) >= 11 is 1.25. The van der Waals surface area contributed by atoms with Crippen molar-refractivity contribution < 1.29 is 24.5 Å². The predicted octanol–water partition coefficient (Wildman–Crippen LogP) is 6.22. The number of amides is 1. The average molecular weight is 537 g/mol. The molecule has 2 unspecified atom stereocenters. The van der Waals surface area contributed by atoms with Gasteiger partial charge < -0.3 is 25.6 Å². The highest BCUT2D eigenvalue weighted by Gasteiger charge is 2.26. The molecule has 0 saturated carbocycles. The fraction of sp³-hybridized carbons (Fsp3) is 0.400. The average Bonchev–Trinajstić information content (AvgIpc) is 3.35. The predicted molar refractivity (Wildman–Crippen MR) is 152 cm³/mol. The van der Waals surface area contributed by atoms with Crippen LogP contribution in [0.1, 0.15) is 70.7 Å². The third-order valence-corrected chi connectivity index (χ3v) is 8.16. The number of thiophene rings is 1. The number of carboxylic acids is 1. The van der Waals surface area contributed by atoms with E-state index in [2.05, 4.69) is 23.3 Å². The molecule has 202 valence electrons. The Morgan fingerprint density at radius 1 is 1.13 bits per heavy atom. The third kappa shape index (κ3) is 7.22. The molecule has 2 aliphatic rings. The van der Waals surface area contributed by atoms with Gasteiger partial charge in [0.05, 0.1) is 18.2 Å². The van der Waals surface area contributed by atoms with Crippen LogP contribution in [-0.4, -0.2) is 48.0 Å². The van der Waals surface area contributed by atoms with Crippen molar-refractivity contribution in [3.8, 4) is 0 Å². The molecule has 1 amide bonds. The smallest absolute Gasteiger partial charge is 0.339 e. The molecule has 4 rings (SSSR count). The van der Waals surface area contributed by atoms with Crippen LogP contribution in [0.3, 0.4) is 0 Å². The van der Waals surface area contributed by atoms with Crippen molar-refractivity contribution in [1.29, 1.82) is 0 Å². The van der Waals surface area contributed by atoms with Gasteiger partial charge in [-0.25, -0.2) is 4.79 Å². The highest BCUT2D eigenvalue weighted by molar-refractivity contribution is 7.15. The number of aliphatic hydroxyl groups is 1. The van der Waals surface area contributed by atoms with Gasteiger partial charge in [0, 0.05) is 24.5 Å². The Labute approximate surface area is 227 Å². The number of benzene rings is 1. The molecule has 1 fully saturated rings. The van der Waals surface area contributed by atoms with Crippen LogP contribution in [0, 0.1) is 5.92 Å². The highest BCUT2D eigenvalue weighted by Crippen LogP contribution is 2.39. The zero-order chi connectivity index (χ0) is 26.9. The van der Waals surface area contributed by atoms with Crippen molar-refractivity contribution >= 4 is 33.9 Å². The van der Waals surface area contributed by atoms with Gasteiger partial charge in [-0.2, -0.15) is 0 Å². The Kier molecular flexibility index (Phi) is 9.92. The number of hydrogen-bond donors (Lipinski definition) is 4. The summed E-state index contributed by atoms with van der Waals surface area (Å²) in [5, 5.41) is 28.3. The number of ether oxygens (including phenoxy) is 1. The summed E-state index contributed by atoms with van der Waals surface area (Å²) in [6.45, 7) is 5.56. The summed E-state index contributed by atoms with van der Waals surface area (Å²) in [5.74, 6) is -1.06. The van der Waals surface area contributed by atoms with Crippen LogP contribution in [0.15, 0.2) is 66.1 Å². The molecule has 0 spiro atoms. The number of carbonyl (C=O) groups is 2. The number of allylic oxidation sites excluding steroid dienone is 5. The number of hydrogen-bond acceptors (Lipinski definition) is 6. The summed E-state index contributed by atoms with van der Waals surface area (Å²) in [6, 6.07) is 6.95. The molecule has 0 bridgehead atoms. The maximum Gasteiger partial charge on any atom is 0.339 e. The van der Waals surface area contributed by atoms with Crippen LogP contribution < -0.4 is 10.6 Å². The zero-order valence-corrected chi connectivity index (χ0v) is 22.3. The fourth-order valence-corrected chi connectivity index (χ4v) is 6.15. The monoisotopic (exact) mass is 536 g/mol. The third-order valence-electron chi connectivity index (χ3n) is 7.24. The summed E-state index contributed by atoms with van der Waals surface area (Å²) in [5.41, 5.74) is 3.11. The first-order valence-corrected chi connectivity index (χ1v) is 14.1. The SMILES string of the molecule is C=C1/C=C\C=C/CCCC(c2csc(NC(=O)c3ccc(NC(CO)C4CCOCC4)cc3)c2C(=O)O)C1. The first kappa shape index (κ1) is 27.8. The number of aromatic carboxylic acids is 1.